The Morgan fingerprint density at radius 2 is 2.04 bits per heavy atom. The van der Waals surface area contributed by atoms with Crippen LogP contribution in [0.4, 0.5) is 5.95 Å². The summed E-state index contributed by atoms with van der Waals surface area (Å²) in [5.41, 5.74) is 4.15. The molecule has 118 valence electrons. The van der Waals surface area contributed by atoms with Crippen molar-refractivity contribution >= 4 is 23.5 Å². The third-order valence-corrected chi connectivity index (χ3v) is 4.96. The predicted octanol–water partition coefficient (Wildman–Crippen LogP) is 3.33. The van der Waals surface area contributed by atoms with Gasteiger partial charge in [0, 0.05) is 17.7 Å². The number of Topliss-reactive ketones (excluding diaryl/α,β-unsaturated/α-hetero) is 1. The van der Waals surface area contributed by atoms with Crippen molar-refractivity contribution in [2.75, 3.05) is 11.6 Å². The van der Waals surface area contributed by atoms with Crippen molar-refractivity contribution in [3.63, 3.8) is 0 Å². The lowest BCUT2D eigenvalue weighted by atomic mass is 9.85. The van der Waals surface area contributed by atoms with Gasteiger partial charge in [-0.15, -0.1) is 5.10 Å². The molecular formula is C17H18N4OS. The van der Waals surface area contributed by atoms with E-state index in [4.69, 9.17) is 0 Å². The SMILES string of the molecule is CSc1nc2n(n1)C(c1ccc(C)cc1)C1=C(CCCC1=O)N2. The second-order valence-corrected chi connectivity index (χ2v) is 6.75. The number of carbonyl (C=O) groups excluding carboxylic acids is 1. The number of thioether (sulfide) groups is 1. The molecule has 23 heavy (non-hydrogen) atoms. The molecule has 0 spiro atoms. The summed E-state index contributed by atoms with van der Waals surface area (Å²) in [6, 6.07) is 8.15. The molecule has 1 unspecified atom stereocenters. The Hall–Kier alpha value is -2.08. The maximum Gasteiger partial charge on any atom is 0.227 e. The molecule has 0 saturated carbocycles. The Balaban J connectivity index is 1.90. The van der Waals surface area contributed by atoms with E-state index in [1.165, 1.54) is 17.3 Å². The second kappa shape index (κ2) is 5.53. The molecule has 1 aliphatic heterocycles. The second-order valence-electron chi connectivity index (χ2n) is 5.97. The van der Waals surface area contributed by atoms with Crippen LogP contribution < -0.4 is 5.32 Å². The van der Waals surface area contributed by atoms with Crippen molar-refractivity contribution in [2.24, 2.45) is 0 Å². The summed E-state index contributed by atoms with van der Waals surface area (Å²) >= 11 is 1.51. The van der Waals surface area contributed by atoms with E-state index in [0.717, 1.165) is 40.8 Å². The van der Waals surface area contributed by atoms with Gasteiger partial charge >= 0.3 is 0 Å². The number of aryl methyl sites for hydroxylation is 1. The molecule has 5 nitrogen and oxygen atoms in total. The number of rotatable bonds is 2. The van der Waals surface area contributed by atoms with Crippen LogP contribution >= 0.6 is 11.8 Å². The monoisotopic (exact) mass is 326 g/mol. The molecule has 0 bridgehead atoms. The highest BCUT2D eigenvalue weighted by Gasteiger charge is 2.36. The van der Waals surface area contributed by atoms with Crippen molar-refractivity contribution in [2.45, 2.75) is 37.4 Å². The number of hydrogen-bond donors (Lipinski definition) is 1. The minimum Gasteiger partial charge on any atom is -0.328 e. The summed E-state index contributed by atoms with van der Waals surface area (Å²) in [5, 5.41) is 8.64. The molecule has 0 fully saturated rings. The highest BCUT2D eigenvalue weighted by Crippen LogP contribution is 2.40. The molecule has 1 N–H and O–H groups in total. The van der Waals surface area contributed by atoms with Gasteiger partial charge < -0.3 is 5.32 Å². The average Bonchev–Trinajstić information content (AvgIpc) is 2.97. The van der Waals surface area contributed by atoms with E-state index in [1.807, 2.05) is 10.9 Å². The average molecular weight is 326 g/mol. The van der Waals surface area contributed by atoms with E-state index < -0.39 is 0 Å². The molecule has 2 aromatic rings. The van der Waals surface area contributed by atoms with Crippen LogP contribution in [0.15, 0.2) is 40.7 Å². The summed E-state index contributed by atoms with van der Waals surface area (Å²) < 4.78 is 1.86. The normalized spacial score (nSPS) is 20.1. The van der Waals surface area contributed by atoms with Crippen LogP contribution in [0.25, 0.3) is 0 Å². The Labute approximate surface area is 139 Å². The van der Waals surface area contributed by atoms with Gasteiger partial charge in [0.05, 0.1) is 0 Å². The van der Waals surface area contributed by atoms with E-state index in [1.54, 1.807) is 0 Å². The Morgan fingerprint density at radius 3 is 2.78 bits per heavy atom. The Bertz CT molecular complexity index is 807. The topological polar surface area (TPSA) is 59.8 Å². The molecule has 1 aromatic carbocycles. The Kier molecular flexibility index (Phi) is 3.49. The molecule has 1 aliphatic carbocycles. The van der Waals surface area contributed by atoms with Crippen LogP contribution in [0, 0.1) is 6.92 Å². The zero-order valence-corrected chi connectivity index (χ0v) is 14.0. The predicted molar refractivity (Wildman–Crippen MR) is 90.6 cm³/mol. The molecular weight excluding hydrogens is 308 g/mol. The molecule has 1 atom stereocenters. The number of ketones is 1. The summed E-state index contributed by atoms with van der Waals surface area (Å²) in [6.07, 6.45) is 4.36. The Morgan fingerprint density at radius 1 is 1.26 bits per heavy atom. The lowest BCUT2D eigenvalue weighted by Crippen LogP contribution is -2.31. The first-order valence-corrected chi connectivity index (χ1v) is 9.00. The van der Waals surface area contributed by atoms with Gasteiger partial charge in [0.25, 0.3) is 0 Å². The molecule has 2 aliphatic rings. The zero-order valence-electron chi connectivity index (χ0n) is 13.2. The molecule has 6 heteroatoms. The summed E-state index contributed by atoms with van der Waals surface area (Å²) in [6.45, 7) is 2.06. The van der Waals surface area contributed by atoms with Crippen molar-refractivity contribution < 1.29 is 4.79 Å². The van der Waals surface area contributed by atoms with Crippen LogP contribution in [0.3, 0.4) is 0 Å². The number of nitrogens with zero attached hydrogens (tertiary/aromatic N) is 3. The van der Waals surface area contributed by atoms with Crippen molar-refractivity contribution in [1.82, 2.24) is 14.8 Å². The van der Waals surface area contributed by atoms with Crippen molar-refractivity contribution in [1.29, 1.82) is 0 Å². The fourth-order valence-corrected chi connectivity index (χ4v) is 3.63. The number of allylic oxidation sites excluding steroid dienone is 2. The van der Waals surface area contributed by atoms with Crippen LogP contribution in [0.1, 0.15) is 36.4 Å². The maximum atomic E-state index is 12.6. The van der Waals surface area contributed by atoms with Crippen LogP contribution in [-0.4, -0.2) is 26.8 Å². The summed E-state index contributed by atoms with van der Waals surface area (Å²) in [7, 11) is 0. The van der Waals surface area contributed by atoms with E-state index in [0.29, 0.717) is 6.42 Å². The first-order chi connectivity index (χ1) is 11.2. The minimum absolute atomic E-state index is 0.178. The molecule has 1 aromatic heterocycles. The van der Waals surface area contributed by atoms with E-state index in [9.17, 15) is 4.79 Å². The number of anilines is 1. The lowest BCUT2D eigenvalue weighted by molar-refractivity contribution is -0.116. The smallest absolute Gasteiger partial charge is 0.227 e. The summed E-state index contributed by atoms with van der Waals surface area (Å²) in [5.74, 6) is 0.949. The number of benzene rings is 1. The number of nitrogens with one attached hydrogen (secondary N) is 1. The maximum absolute atomic E-state index is 12.6. The number of hydrogen-bond acceptors (Lipinski definition) is 5. The van der Waals surface area contributed by atoms with Gasteiger partial charge in [0.1, 0.15) is 6.04 Å². The highest BCUT2D eigenvalue weighted by atomic mass is 32.2. The zero-order chi connectivity index (χ0) is 16.0. The van der Waals surface area contributed by atoms with Crippen molar-refractivity contribution in [3.8, 4) is 0 Å². The van der Waals surface area contributed by atoms with Crippen LogP contribution in [0.5, 0.6) is 0 Å². The molecule has 2 heterocycles. The number of fused-ring (bicyclic) bond motifs is 1. The van der Waals surface area contributed by atoms with Crippen LogP contribution in [0.2, 0.25) is 0 Å². The highest BCUT2D eigenvalue weighted by molar-refractivity contribution is 7.98. The molecule has 4 rings (SSSR count). The van der Waals surface area contributed by atoms with Gasteiger partial charge in [0.2, 0.25) is 11.1 Å². The van der Waals surface area contributed by atoms with Gasteiger partial charge in [-0.25, -0.2) is 4.68 Å². The van der Waals surface area contributed by atoms with E-state index >= 15 is 0 Å². The lowest BCUT2D eigenvalue weighted by Gasteiger charge is -2.32. The van der Waals surface area contributed by atoms with E-state index in [-0.39, 0.29) is 11.8 Å². The van der Waals surface area contributed by atoms with E-state index in [2.05, 4.69) is 46.6 Å². The third-order valence-electron chi connectivity index (χ3n) is 4.42. The molecule has 0 amide bonds. The first-order valence-electron chi connectivity index (χ1n) is 7.77. The molecule has 0 saturated heterocycles. The van der Waals surface area contributed by atoms with Crippen LogP contribution in [-0.2, 0) is 4.79 Å². The fourth-order valence-electron chi connectivity index (χ4n) is 3.28. The quantitative estimate of drug-likeness (QED) is 0.858. The number of carbonyl (C=O) groups is 1. The van der Waals surface area contributed by atoms with Crippen molar-refractivity contribution in [3.05, 3.63) is 46.7 Å². The minimum atomic E-state index is -0.178. The number of aromatic nitrogens is 3. The fraction of sp³-hybridized carbons (Fsp3) is 0.353. The van der Waals surface area contributed by atoms with Gasteiger partial charge in [-0.3, -0.25) is 4.79 Å². The largest absolute Gasteiger partial charge is 0.328 e. The van der Waals surface area contributed by atoms with Gasteiger partial charge in [-0.05, 0) is 31.6 Å². The first kappa shape index (κ1) is 14.5. The molecule has 0 radical (unpaired) electrons. The third kappa shape index (κ3) is 2.37. The summed E-state index contributed by atoms with van der Waals surface area (Å²) in [4.78, 5) is 17.1. The van der Waals surface area contributed by atoms with Gasteiger partial charge in [0.15, 0.2) is 5.78 Å². The van der Waals surface area contributed by atoms with Gasteiger partial charge in [-0.2, -0.15) is 4.98 Å². The standard InChI is InChI=1S/C17H18N4OS/c1-10-6-8-11(9-7-10)15-14-12(4-3-5-13(14)22)18-16-19-17(23-2)20-21(15)16/h6-9,15H,3-5H2,1-2H3,(H,18,19,20). The van der Waals surface area contributed by atoms with Gasteiger partial charge in [-0.1, -0.05) is 41.6 Å².